The molecule has 0 aromatic carbocycles. The monoisotopic (exact) mass is 390 g/mol. The lowest BCUT2D eigenvalue weighted by Crippen LogP contribution is -2.46. The fraction of sp³-hybridized carbons (Fsp3) is 0.579. The fourth-order valence-corrected chi connectivity index (χ4v) is 4.30. The Morgan fingerprint density at radius 3 is 2.70 bits per heavy atom. The van der Waals surface area contributed by atoms with Gasteiger partial charge < -0.3 is 15.4 Å². The van der Waals surface area contributed by atoms with Gasteiger partial charge in [0.1, 0.15) is 0 Å². The number of rotatable bonds is 6. The number of ether oxygens (including phenoxy) is 1. The molecule has 1 aliphatic rings. The van der Waals surface area contributed by atoms with E-state index in [9.17, 15) is 0 Å². The van der Waals surface area contributed by atoms with Crippen LogP contribution in [0.4, 0.5) is 0 Å². The van der Waals surface area contributed by atoms with Gasteiger partial charge in [-0.15, -0.1) is 11.3 Å². The van der Waals surface area contributed by atoms with Gasteiger partial charge in [-0.3, -0.25) is 14.6 Å². The Hall–Kier alpha value is -1.90. The van der Waals surface area contributed by atoms with E-state index in [1.807, 2.05) is 37.0 Å². The van der Waals surface area contributed by atoms with Gasteiger partial charge in [0.25, 0.3) is 0 Å². The van der Waals surface area contributed by atoms with Crippen molar-refractivity contribution in [1.82, 2.24) is 25.3 Å². The zero-order chi connectivity index (χ0) is 19.2. The number of aryl methyl sites for hydroxylation is 2. The van der Waals surface area contributed by atoms with E-state index in [0.717, 1.165) is 44.5 Å². The summed E-state index contributed by atoms with van der Waals surface area (Å²) in [5, 5.41) is 13.6. The third kappa shape index (κ3) is 4.88. The Bertz CT molecular complexity index is 749. The summed E-state index contributed by atoms with van der Waals surface area (Å²) in [6, 6.07) is 4.66. The summed E-state index contributed by atoms with van der Waals surface area (Å²) in [6.45, 7) is 9.19. The molecule has 0 radical (unpaired) electrons. The molecule has 1 atom stereocenters. The number of aliphatic imine (C=N–C) groups is 1. The van der Waals surface area contributed by atoms with Crippen LogP contribution in [0.2, 0.25) is 0 Å². The van der Waals surface area contributed by atoms with E-state index in [2.05, 4.69) is 50.1 Å². The highest BCUT2D eigenvalue weighted by Crippen LogP contribution is 2.25. The standard InChI is InChI=1S/C19H30N6OS/c1-14-16(15(2)24(4)23-14)12-21-19(20-3)22-13-17(18-6-5-11-27-18)25-7-9-26-10-8-25/h5-6,11,17H,7-10,12-13H2,1-4H3,(H2,20,21,22). The first-order chi connectivity index (χ1) is 13.1. The lowest BCUT2D eigenvalue weighted by atomic mass is 10.2. The number of hydrogen-bond acceptors (Lipinski definition) is 5. The molecule has 0 spiro atoms. The second-order valence-corrected chi connectivity index (χ2v) is 7.74. The van der Waals surface area contributed by atoms with Crippen LogP contribution in [0.3, 0.4) is 0 Å². The lowest BCUT2D eigenvalue weighted by molar-refractivity contribution is 0.0177. The highest BCUT2D eigenvalue weighted by molar-refractivity contribution is 7.10. The van der Waals surface area contributed by atoms with Crippen molar-refractivity contribution in [3.63, 3.8) is 0 Å². The third-order valence-corrected chi connectivity index (χ3v) is 6.11. The molecule has 148 valence electrons. The summed E-state index contributed by atoms with van der Waals surface area (Å²) in [5.41, 5.74) is 3.46. The molecule has 1 unspecified atom stereocenters. The van der Waals surface area contributed by atoms with Crippen molar-refractivity contribution < 1.29 is 4.74 Å². The highest BCUT2D eigenvalue weighted by Gasteiger charge is 2.23. The topological polar surface area (TPSA) is 66.7 Å². The average molecular weight is 391 g/mol. The first-order valence-corrected chi connectivity index (χ1v) is 10.3. The molecule has 3 heterocycles. The van der Waals surface area contributed by atoms with Crippen LogP contribution in [-0.2, 0) is 18.3 Å². The summed E-state index contributed by atoms with van der Waals surface area (Å²) in [4.78, 5) is 8.26. The summed E-state index contributed by atoms with van der Waals surface area (Å²) in [7, 11) is 3.79. The molecular formula is C19H30N6OS. The zero-order valence-corrected chi connectivity index (χ0v) is 17.5. The molecule has 8 heteroatoms. The molecule has 0 amide bonds. The van der Waals surface area contributed by atoms with Crippen LogP contribution in [-0.4, -0.2) is 60.5 Å². The van der Waals surface area contributed by atoms with Gasteiger partial charge in [-0.1, -0.05) is 6.07 Å². The Balaban J connectivity index is 1.61. The van der Waals surface area contributed by atoms with E-state index >= 15 is 0 Å². The molecule has 2 aromatic rings. The number of nitrogens with one attached hydrogen (secondary N) is 2. The quantitative estimate of drug-likeness (QED) is 0.582. The maximum absolute atomic E-state index is 5.52. The van der Waals surface area contributed by atoms with Crippen molar-refractivity contribution in [2.75, 3.05) is 39.9 Å². The predicted molar refractivity (Wildman–Crippen MR) is 110 cm³/mol. The Morgan fingerprint density at radius 1 is 1.33 bits per heavy atom. The lowest BCUT2D eigenvalue weighted by Gasteiger charge is -2.34. The number of aromatic nitrogens is 2. The van der Waals surface area contributed by atoms with Gasteiger partial charge in [0.2, 0.25) is 0 Å². The SMILES string of the molecule is CN=C(NCc1c(C)nn(C)c1C)NCC(c1cccs1)N1CCOCC1. The molecule has 1 aliphatic heterocycles. The van der Waals surface area contributed by atoms with Crippen molar-refractivity contribution in [2.45, 2.75) is 26.4 Å². The van der Waals surface area contributed by atoms with Gasteiger partial charge >= 0.3 is 0 Å². The molecule has 2 aromatic heterocycles. The molecule has 3 rings (SSSR count). The maximum atomic E-state index is 5.52. The molecule has 1 fully saturated rings. The second kappa shape index (κ2) is 9.34. The van der Waals surface area contributed by atoms with Crippen LogP contribution in [0.25, 0.3) is 0 Å². The molecule has 0 aliphatic carbocycles. The molecule has 0 bridgehead atoms. The number of morpholine rings is 1. The van der Waals surface area contributed by atoms with Gasteiger partial charge in [0, 0.05) is 56.4 Å². The summed E-state index contributed by atoms with van der Waals surface area (Å²) in [6.07, 6.45) is 0. The molecule has 7 nitrogen and oxygen atoms in total. The molecule has 27 heavy (non-hydrogen) atoms. The molecule has 1 saturated heterocycles. The summed E-state index contributed by atoms with van der Waals surface area (Å²) in [5.74, 6) is 0.812. The second-order valence-electron chi connectivity index (χ2n) is 6.76. The minimum Gasteiger partial charge on any atom is -0.379 e. The van der Waals surface area contributed by atoms with E-state index in [1.165, 1.54) is 16.1 Å². The van der Waals surface area contributed by atoms with Crippen molar-refractivity contribution in [3.05, 3.63) is 39.3 Å². The highest BCUT2D eigenvalue weighted by atomic mass is 32.1. The summed E-state index contributed by atoms with van der Waals surface area (Å²) < 4.78 is 7.45. The van der Waals surface area contributed by atoms with Gasteiger partial charge in [0.15, 0.2) is 5.96 Å². The van der Waals surface area contributed by atoms with Gasteiger partial charge in [-0.05, 0) is 25.3 Å². The smallest absolute Gasteiger partial charge is 0.191 e. The molecular weight excluding hydrogens is 360 g/mol. The van der Waals surface area contributed by atoms with Crippen molar-refractivity contribution in [2.24, 2.45) is 12.0 Å². The van der Waals surface area contributed by atoms with Crippen molar-refractivity contribution in [3.8, 4) is 0 Å². The van der Waals surface area contributed by atoms with E-state index in [-0.39, 0.29) is 0 Å². The van der Waals surface area contributed by atoms with Crippen LogP contribution < -0.4 is 10.6 Å². The van der Waals surface area contributed by atoms with E-state index in [1.54, 1.807) is 0 Å². The largest absolute Gasteiger partial charge is 0.379 e. The van der Waals surface area contributed by atoms with Gasteiger partial charge in [0.05, 0.1) is 24.9 Å². The number of nitrogens with zero attached hydrogens (tertiary/aromatic N) is 4. The van der Waals surface area contributed by atoms with Crippen LogP contribution in [0.15, 0.2) is 22.5 Å². The molecule has 2 N–H and O–H groups in total. The van der Waals surface area contributed by atoms with E-state index in [4.69, 9.17) is 4.74 Å². The minimum atomic E-state index is 0.328. The van der Waals surface area contributed by atoms with Crippen LogP contribution in [0, 0.1) is 13.8 Å². The van der Waals surface area contributed by atoms with Crippen LogP contribution >= 0.6 is 11.3 Å². The van der Waals surface area contributed by atoms with E-state index < -0.39 is 0 Å². The zero-order valence-electron chi connectivity index (χ0n) is 16.7. The fourth-order valence-electron chi connectivity index (χ4n) is 3.44. The third-order valence-electron chi connectivity index (χ3n) is 5.14. The maximum Gasteiger partial charge on any atom is 0.191 e. The van der Waals surface area contributed by atoms with E-state index in [0.29, 0.717) is 12.6 Å². The van der Waals surface area contributed by atoms with Crippen molar-refractivity contribution >= 4 is 17.3 Å². The first-order valence-electron chi connectivity index (χ1n) is 9.39. The average Bonchev–Trinajstić information content (AvgIpc) is 3.29. The number of hydrogen-bond donors (Lipinski definition) is 2. The minimum absolute atomic E-state index is 0.328. The number of guanidine groups is 1. The predicted octanol–water partition coefficient (Wildman–Crippen LogP) is 1.84. The normalized spacial score (nSPS) is 17.1. The van der Waals surface area contributed by atoms with Crippen LogP contribution in [0.1, 0.15) is 27.9 Å². The first kappa shape index (κ1) is 19.9. The Morgan fingerprint density at radius 2 is 2.11 bits per heavy atom. The van der Waals surface area contributed by atoms with Crippen LogP contribution in [0.5, 0.6) is 0 Å². The number of thiophene rings is 1. The summed E-state index contributed by atoms with van der Waals surface area (Å²) >= 11 is 1.81. The van der Waals surface area contributed by atoms with Gasteiger partial charge in [-0.2, -0.15) is 5.10 Å². The Kier molecular flexibility index (Phi) is 6.87. The molecule has 0 saturated carbocycles. The van der Waals surface area contributed by atoms with Gasteiger partial charge in [-0.25, -0.2) is 0 Å². The Labute approximate surface area is 165 Å². The van der Waals surface area contributed by atoms with Crippen molar-refractivity contribution in [1.29, 1.82) is 0 Å².